The highest BCUT2D eigenvalue weighted by Crippen LogP contribution is 2.49. The summed E-state index contributed by atoms with van der Waals surface area (Å²) in [5.41, 5.74) is -0.0620. The molecule has 212 valence electrons. The van der Waals surface area contributed by atoms with E-state index in [0.29, 0.717) is 17.6 Å². The maximum Gasteiger partial charge on any atom is 0.224 e. The SMILES string of the molecule is C/C1=C/C(C)=C/[C@@H](C)/C=C(/C)C(=O)[C@H](C)[C@H]2[C@H](CC(C)C)C(=O)N[C@@]23CC(=O)c2c(cc(C)c(O)c2C1=O)C3=O. The van der Waals surface area contributed by atoms with E-state index in [-0.39, 0.29) is 58.0 Å². The van der Waals surface area contributed by atoms with E-state index in [9.17, 15) is 29.1 Å². The first-order chi connectivity index (χ1) is 18.6. The number of fused-ring (bicyclic) bond motifs is 7. The van der Waals surface area contributed by atoms with Gasteiger partial charge in [-0.05, 0) is 68.7 Å². The number of phenols is 1. The zero-order valence-electron chi connectivity index (χ0n) is 24.6. The monoisotopic (exact) mass is 545 g/mol. The number of phenolic OH excluding ortho intramolecular Hbond substituents is 1. The predicted octanol–water partition coefficient (Wildman–Crippen LogP) is 5.49. The van der Waals surface area contributed by atoms with Crippen molar-refractivity contribution >= 4 is 29.0 Å². The summed E-state index contributed by atoms with van der Waals surface area (Å²) in [5, 5.41) is 13.9. The maximum atomic E-state index is 14.5. The van der Waals surface area contributed by atoms with Crippen LogP contribution in [0.1, 0.15) is 97.9 Å². The van der Waals surface area contributed by atoms with Gasteiger partial charge >= 0.3 is 0 Å². The molecule has 1 spiro atoms. The van der Waals surface area contributed by atoms with E-state index >= 15 is 0 Å². The number of ketones is 4. The van der Waals surface area contributed by atoms with Crippen molar-refractivity contribution in [3.63, 3.8) is 0 Å². The summed E-state index contributed by atoms with van der Waals surface area (Å²) in [6.07, 6.45) is 5.52. The van der Waals surface area contributed by atoms with Gasteiger partial charge in [-0.3, -0.25) is 24.0 Å². The van der Waals surface area contributed by atoms with Gasteiger partial charge in [0.25, 0.3) is 0 Å². The molecule has 7 heteroatoms. The number of Topliss-reactive ketones (excluding diaryl/α,β-unsaturated/α-hetero) is 4. The molecule has 0 radical (unpaired) electrons. The van der Waals surface area contributed by atoms with Crippen molar-refractivity contribution in [3.05, 3.63) is 63.3 Å². The van der Waals surface area contributed by atoms with Gasteiger partial charge in [-0.15, -0.1) is 0 Å². The van der Waals surface area contributed by atoms with Crippen LogP contribution in [0.5, 0.6) is 5.75 Å². The molecule has 1 aromatic carbocycles. The molecule has 1 aromatic rings. The molecule has 4 bridgehead atoms. The molecule has 7 nitrogen and oxygen atoms in total. The molecule has 1 fully saturated rings. The number of allylic oxidation sites excluding steroid dienone is 6. The molecule has 1 amide bonds. The third kappa shape index (κ3) is 4.69. The van der Waals surface area contributed by atoms with Crippen molar-refractivity contribution in [2.24, 2.45) is 29.6 Å². The number of rotatable bonds is 2. The lowest BCUT2D eigenvalue weighted by Crippen LogP contribution is -2.59. The van der Waals surface area contributed by atoms with Crippen LogP contribution in [0.3, 0.4) is 0 Å². The van der Waals surface area contributed by atoms with Gasteiger partial charge in [-0.25, -0.2) is 0 Å². The molecule has 5 rings (SSSR count). The Labute approximate surface area is 235 Å². The summed E-state index contributed by atoms with van der Waals surface area (Å²) in [7, 11) is 0. The second-order valence-electron chi connectivity index (χ2n) is 12.4. The molecular weight excluding hydrogens is 506 g/mol. The Hall–Kier alpha value is -3.61. The van der Waals surface area contributed by atoms with Gasteiger partial charge in [0.1, 0.15) is 11.3 Å². The van der Waals surface area contributed by atoms with E-state index in [1.54, 1.807) is 33.8 Å². The van der Waals surface area contributed by atoms with E-state index in [0.717, 1.165) is 5.57 Å². The molecule has 1 saturated heterocycles. The fourth-order valence-corrected chi connectivity index (χ4v) is 7.08. The minimum Gasteiger partial charge on any atom is -0.507 e. The van der Waals surface area contributed by atoms with Gasteiger partial charge in [0.15, 0.2) is 23.1 Å². The molecule has 1 aliphatic heterocycles. The Balaban J connectivity index is 2.08. The van der Waals surface area contributed by atoms with Crippen molar-refractivity contribution in [2.45, 2.75) is 73.8 Å². The highest BCUT2D eigenvalue weighted by atomic mass is 16.3. The molecule has 2 N–H and O–H groups in total. The second-order valence-corrected chi connectivity index (χ2v) is 12.4. The minimum atomic E-state index is -1.62. The maximum absolute atomic E-state index is 14.5. The number of hydrogen-bond acceptors (Lipinski definition) is 6. The number of carbonyl (C=O) groups excluding carboxylic acids is 5. The van der Waals surface area contributed by atoms with Crippen LogP contribution in [0, 0.1) is 36.5 Å². The number of carbonyl (C=O) groups is 5. The standard InChI is InChI=1S/C33H39NO6/c1-15(2)9-23-27-21(8)28(36)18(5)11-16(3)10-17(4)12-19(6)29(37)26-25-22(13-20(7)30(26)38)31(39)33(27,14-24(25)35)34-32(23)40/h10-13,15-16,21,23,27,38H,9,14H2,1-8H3,(H,34,40)/b17-10+,18-11-,19-12-/t16-,21-,23+,27+,33+/m1/s1. The zero-order chi connectivity index (χ0) is 29.8. The normalized spacial score (nSPS) is 33.2. The molecule has 1 heterocycles. The smallest absolute Gasteiger partial charge is 0.224 e. The molecule has 40 heavy (non-hydrogen) atoms. The number of amides is 1. The summed E-state index contributed by atoms with van der Waals surface area (Å²) in [6.45, 7) is 14.4. The van der Waals surface area contributed by atoms with Gasteiger partial charge in [-0.1, -0.05) is 51.5 Å². The van der Waals surface area contributed by atoms with Gasteiger partial charge in [-0.2, -0.15) is 0 Å². The summed E-state index contributed by atoms with van der Waals surface area (Å²) < 4.78 is 0. The third-order valence-electron chi connectivity index (χ3n) is 8.68. The van der Waals surface area contributed by atoms with Crippen LogP contribution in [0.25, 0.3) is 0 Å². The quantitative estimate of drug-likeness (QED) is 0.507. The fraction of sp³-hybridized carbons (Fsp3) is 0.485. The first-order valence-corrected chi connectivity index (χ1v) is 14.0. The summed E-state index contributed by atoms with van der Waals surface area (Å²) in [6, 6.07) is 1.42. The highest BCUT2D eigenvalue weighted by molar-refractivity contribution is 6.26. The van der Waals surface area contributed by atoms with Crippen LogP contribution >= 0.6 is 0 Å². The highest BCUT2D eigenvalue weighted by Gasteiger charge is 2.63. The van der Waals surface area contributed by atoms with Crippen LogP contribution in [0.4, 0.5) is 0 Å². The summed E-state index contributed by atoms with van der Waals surface area (Å²) >= 11 is 0. The van der Waals surface area contributed by atoms with Crippen LogP contribution in [-0.2, 0) is 9.59 Å². The molecule has 0 saturated carbocycles. The molecule has 0 unspecified atom stereocenters. The third-order valence-corrected chi connectivity index (χ3v) is 8.68. The lowest BCUT2D eigenvalue weighted by Gasteiger charge is -2.41. The lowest BCUT2D eigenvalue weighted by atomic mass is 9.61. The van der Waals surface area contributed by atoms with E-state index < -0.39 is 40.6 Å². The van der Waals surface area contributed by atoms with Crippen molar-refractivity contribution in [1.82, 2.24) is 5.32 Å². The van der Waals surface area contributed by atoms with Crippen molar-refractivity contribution in [1.29, 1.82) is 0 Å². The van der Waals surface area contributed by atoms with Gasteiger partial charge in [0, 0.05) is 35.3 Å². The topological polar surface area (TPSA) is 118 Å². The van der Waals surface area contributed by atoms with Crippen LogP contribution in [-0.4, -0.2) is 39.7 Å². The van der Waals surface area contributed by atoms with E-state index in [4.69, 9.17) is 0 Å². The minimum absolute atomic E-state index is 0.00177. The molecule has 3 aliphatic carbocycles. The Bertz CT molecular complexity index is 1440. The van der Waals surface area contributed by atoms with Crippen LogP contribution < -0.4 is 5.32 Å². The van der Waals surface area contributed by atoms with Crippen LogP contribution in [0.15, 0.2) is 41.0 Å². The first kappa shape index (κ1) is 29.4. The first-order valence-electron chi connectivity index (χ1n) is 14.0. The Morgan fingerprint density at radius 1 is 0.975 bits per heavy atom. The largest absolute Gasteiger partial charge is 0.507 e. The molecule has 4 aliphatic rings. The fourth-order valence-electron chi connectivity index (χ4n) is 7.08. The lowest BCUT2D eigenvalue weighted by molar-refractivity contribution is -0.124. The average molecular weight is 546 g/mol. The van der Waals surface area contributed by atoms with Crippen molar-refractivity contribution < 1.29 is 29.1 Å². The number of aromatic hydroxyl groups is 1. The zero-order valence-corrected chi connectivity index (χ0v) is 24.6. The second kappa shape index (κ2) is 10.4. The van der Waals surface area contributed by atoms with E-state index in [2.05, 4.69) is 5.32 Å². The number of hydrogen-bond donors (Lipinski definition) is 2. The molecular formula is C33H39NO6. The van der Waals surface area contributed by atoms with Gasteiger partial charge in [0.2, 0.25) is 5.91 Å². The number of benzene rings is 1. The predicted molar refractivity (Wildman–Crippen MR) is 152 cm³/mol. The average Bonchev–Trinajstić information content (AvgIpc) is 3.12. The molecule has 0 aromatic heterocycles. The van der Waals surface area contributed by atoms with Crippen molar-refractivity contribution in [3.8, 4) is 5.75 Å². The van der Waals surface area contributed by atoms with Gasteiger partial charge in [0.05, 0.1) is 5.56 Å². The number of nitrogens with one attached hydrogen (secondary N) is 1. The number of aryl methyl sites for hydroxylation is 1. The van der Waals surface area contributed by atoms with Crippen molar-refractivity contribution in [2.75, 3.05) is 0 Å². The summed E-state index contributed by atoms with van der Waals surface area (Å²) in [5.74, 6) is -4.57. The Kier molecular flexibility index (Phi) is 7.65. The Morgan fingerprint density at radius 2 is 1.62 bits per heavy atom. The molecule has 5 atom stereocenters. The van der Waals surface area contributed by atoms with Crippen LogP contribution in [0.2, 0.25) is 0 Å². The Morgan fingerprint density at radius 3 is 2.25 bits per heavy atom. The van der Waals surface area contributed by atoms with Gasteiger partial charge < -0.3 is 10.4 Å². The van der Waals surface area contributed by atoms with E-state index in [1.807, 2.05) is 39.8 Å². The van der Waals surface area contributed by atoms with E-state index in [1.165, 1.54) is 6.07 Å². The summed E-state index contributed by atoms with van der Waals surface area (Å²) in [4.78, 5) is 69.5.